The highest BCUT2D eigenvalue weighted by Gasteiger charge is 2.34. The maximum absolute atomic E-state index is 12.7. The van der Waals surface area contributed by atoms with Crippen molar-refractivity contribution < 1.29 is 22.8 Å². The molecule has 6 nitrogen and oxygen atoms in total. The normalized spacial score (nSPS) is 11.1. The predicted octanol–water partition coefficient (Wildman–Crippen LogP) is 2.37. The highest BCUT2D eigenvalue weighted by Crippen LogP contribution is 2.25. The van der Waals surface area contributed by atoms with Crippen LogP contribution in [0.15, 0.2) is 47.4 Å². The van der Waals surface area contributed by atoms with Crippen LogP contribution in [0, 0.1) is 0 Å². The van der Waals surface area contributed by atoms with E-state index in [-0.39, 0.29) is 18.5 Å². The highest BCUT2D eigenvalue weighted by molar-refractivity contribution is 6.30. The van der Waals surface area contributed by atoms with Crippen LogP contribution in [0.5, 0.6) is 0 Å². The van der Waals surface area contributed by atoms with Crippen molar-refractivity contribution in [2.75, 3.05) is 0 Å². The summed E-state index contributed by atoms with van der Waals surface area (Å²) in [5.74, 6) is -1.29. The molecule has 2 aromatic rings. The molecule has 26 heavy (non-hydrogen) atoms. The van der Waals surface area contributed by atoms with Gasteiger partial charge >= 0.3 is 6.18 Å². The minimum absolute atomic E-state index is 0.215. The lowest BCUT2D eigenvalue weighted by atomic mass is 10.2. The molecule has 0 bridgehead atoms. The Balaban J connectivity index is 1.92. The summed E-state index contributed by atoms with van der Waals surface area (Å²) < 4.78 is 38.8. The number of amides is 2. The molecule has 10 heteroatoms. The van der Waals surface area contributed by atoms with Gasteiger partial charge in [-0.05, 0) is 30.3 Å². The smallest absolute Gasteiger partial charge is 0.314 e. The number of halogens is 4. The number of aromatic nitrogens is 1. The first-order valence-corrected chi connectivity index (χ1v) is 7.67. The quantitative estimate of drug-likeness (QED) is 0.790. The zero-order valence-electron chi connectivity index (χ0n) is 13.1. The van der Waals surface area contributed by atoms with Crippen molar-refractivity contribution in [1.82, 2.24) is 15.4 Å². The predicted molar refractivity (Wildman–Crippen MR) is 87.4 cm³/mol. The van der Waals surface area contributed by atoms with E-state index in [4.69, 9.17) is 11.6 Å². The lowest BCUT2D eigenvalue weighted by Crippen LogP contribution is -2.42. The van der Waals surface area contributed by atoms with Gasteiger partial charge in [0.2, 0.25) is 5.91 Å². The van der Waals surface area contributed by atoms with Gasteiger partial charge < -0.3 is 4.57 Å². The fourth-order valence-electron chi connectivity index (χ4n) is 2.04. The molecule has 1 aromatic heterocycles. The van der Waals surface area contributed by atoms with E-state index in [2.05, 4.69) is 10.9 Å². The number of rotatable bonds is 4. The topological polar surface area (TPSA) is 80.2 Å². The van der Waals surface area contributed by atoms with Gasteiger partial charge in [-0.15, -0.1) is 0 Å². The van der Waals surface area contributed by atoms with Crippen LogP contribution in [0.3, 0.4) is 0 Å². The number of carbonyl (C=O) groups excluding carboxylic acids is 2. The van der Waals surface area contributed by atoms with E-state index in [1.165, 1.54) is 12.1 Å². The van der Waals surface area contributed by atoms with Gasteiger partial charge in [-0.1, -0.05) is 17.7 Å². The van der Waals surface area contributed by atoms with Crippen LogP contribution in [0.25, 0.3) is 0 Å². The van der Waals surface area contributed by atoms with Gasteiger partial charge in [0.25, 0.3) is 11.5 Å². The first kappa shape index (κ1) is 19.5. The van der Waals surface area contributed by atoms with E-state index in [1.54, 1.807) is 12.1 Å². The van der Waals surface area contributed by atoms with Crippen molar-refractivity contribution >= 4 is 23.4 Å². The molecule has 0 spiro atoms. The first-order chi connectivity index (χ1) is 12.2. The summed E-state index contributed by atoms with van der Waals surface area (Å²) in [5, 5.41) is 0.341. The van der Waals surface area contributed by atoms with Gasteiger partial charge in [0.05, 0.1) is 0 Å². The molecule has 1 aromatic carbocycles. The van der Waals surface area contributed by atoms with E-state index < -0.39 is 29.1 Å². The Morgan fingerprint density at radius 2 is 1.85 bits per heavy atom. The van der Waals surface area contributed by atoms with Crippen LogP contribution in [0.1, 0.15) is 22.3 Å². The van der Waals surface area contributed by atoms with Crippen molar-refractivity contribution in [3.05, 3.63) is 69.1 Å². The third-order valence-corrected chi connectivity index (χ3v) is 3.54. The van der Waals surface area contributed by atoms with Crippen LogP contribution in [0.2, 0.25) is 5.02 Å². The Morgan fingerprint density at radius 1 is 1.12 bits per heavy atom. The number of alkyl halides is 3. The monoisotopic (exact) mass is 387 g/mol. The molecule has 138 valence electrons. The van der Waals surface area contributed by atoms with E-state index in [0.29, 0.717) is 11.1 Å². The fraction of sp³-hybridized carbons (Fsp3) is 0.188. The first-order valence-electron chi connectivity index (χ1n) is 7.30. The number of hydrogen-bond donors (Lipinski definition) is 2. The van der Waals surface area contributed by atoms with Crippen molar-refractivity contribution in [2.45, 2.75) is 19.1 Å². The summed E-state index contributed by atoms with van der Waals surface area (Å²) in [6, 6.07) is 7.75. The highest BCUT2D eigenvalue weighted by atomic mass is 35.5. The standard InChI is InChI=1S/C16H13ClF3N3O3/c17-11-4-1-3-10(9-11)14(25)22-21-13(24)6-8-23-7-2-5-12(15(23)26)16(18,19)20/h1-5,7,9H,6,8H2,(H,21,24)(H,22,25). The molecule has 0 saturated carbocycles. The third-order valence-electron chi connectivity index (χ3n) is 3.31. The Hall–Kier alpha value is -2.81. The molecule has 0 atom stereocenters. The molecule has 0 aliphatic carbocycles. The second-order valence-electron chi connectivity index (χ2n) is 5.18. The summed E-state index contributed by atoms with van der Waals surface area (Å²) in [7, 11) is 0. The number of hydrazine groups is 1. The van der Waals surface area contributed by atoms with E-state index in [0.717, 1.165) is 16.8 Å². The van der Waals surface area contributed by atoms with Gasteiger partial charge in [0.15, 0.2) is 0 Å². The van der Waals surface area contributed by atoms with Crippen LogP contribution in [-0.4, -0.2) is 16.4 Å². The van der Waals surface area contributed by atoms with E-state index >= 15 is 0 Å². The molecule has 0 unspecified atom stereocenters. The summed E-state index contributed by atoms with van der Waals surface area (Å²) in [5.41, 5.74) is 1.93. The van der Waals surface area contributed by atoms with Gasteiger partial charge in [-0.2, -0.15) is 13.2 Å². The van der Waals surface area contributed by atoms with Crippen molar-refractivity contribution in [3.63, 3.8) is 0 Å². The van der Waals surface area contributed by atoms with Crippen LogP contribution < -0.4 is 16.4 Å². The van der Waals surface area contributed by atoms with Crippen molar-refractivity contribution in [2.24, 2.45) is 0 Å². The third kappa shape index (κ3) is 5.09. The number of hydrogen-bond acceptors (Lipinski definition) is 3. The lowest BCUT2D eigenvalue weighted by Gasteiger charge is -2.11. The lowest BCUT2D eigenvalue weighted by molar-refractivity contribution is -0.139. The van der Waals surface area contributed by atoms with Gasteiger partial charge in [-0.3, -0.25) is 25.2 Å². The number of nitrogens with zero attached hydrogens (tertiary/aromatic N) is 1. The molecular weight excluding hydrogens is 375 g/mol. The number of carbonyl (C=O) groups is 2. The van der Waals surface area contributed by atoms with Crippen molar-refractivity contribution in [1.29, 1.82) is 0 Å². The van der Waals surface area contributed by atoms with Crippen LogP contribution in [0.4, 0.5) is 13.2 Å². The van der Waals surface area contributed by atoms with Crippen LogP contribution in [-0.2, 0) is 17.5 Å². The Labute approximate surface area is 150 Å². The summed E-state index contributed by atoms with van der Waals surface area (Å²) >= 11 is 5.75. The molecule has 0 aliphatic heterocycles. The average Bonchev–Trinajstić information content (AvgIpc) is 2.57. The second kappa shape index (κ2) is 8.05. The minimum atomic E-state index is -4.77. The molecule has 1 heterocycles. The minimum Gasteiger partial charge on any atom is -0.314 e. The van der Waals surface area contributed by atoms with Gasteiger partial charge in [0.1, 0.15) is 5.56 Å². The summed E-state index contributed by atoms with van der Waals surface area (Å²) in [6.07, 6.45) is -3.93. The number of aryl methyl sites for hydroxylation is 1. The zero-order chi connectivity index (χ0) is 19.3. The molecular formula is C16H13ClF3N3O3. The van der Waals surface area contributed by atoms with E-state index in [1.807, 2.05) is 0 Å². The molecule has 2 amide bonds. The number of benzene rings is 1. The molecule has 0 fully saturated rings. The summed E-state index contributed by atoms with van der Waals surface area (Å²) in [6.45, 7) is -0.276. The van der Waals surface area contributed by atoms with Crippen molar-refractivity contribution in [3.8, 4) is 0 Å². The summed E-state index contributed by atoms with van der Waals surface area (Å²) in [4.78, 5) is 35.3. The maximum atomic E-state index is 12.7. The Morgan fingerprint density at radius 3 is 2.50 bits per heavy atom. The maximum Gasteiger partial charge on any atom is 0.421 e. The molecule has 0 saturated heterocycles. The fourth-order valence-corrected chi connectivity index (χ4v) is 2.23. The van der Waals surface area contributed by atoms with Gasteiger partial charge in [-0.25, -0.2) is 0 Å². The van der Waals surface area contributed by atoms with Gasteiger partial charge in [0, 0.05) is 29.7 Å². The Bertz CT molecular complexity index is 881. The molecule has 0 aliphatic rings. The zero-order valence-corrected chi connectivity index (χ0v) is 13.9. The number of pyridine rings is 1. The second-order valence-corrected chi connectivity index (χ2v) is 5.62. The van der Waals surface area contributed by atoms with Crippen LogP contribution >= 0.6 is 11.6 Å². The average molecular weight is 388 g/mol. The van der Waals surface area contributed by atoms with E-state index in [9.17, 15) is 27.6 Å². The number of nitrogens with one attached hydrogen (secondary N) is 2. The SMILES string of the molecule is O=C(CCn1cccc(C(F)(F)F)c1=O)NNC(=O)c1cccc(Cl)c1. The molecule has 2 rings (SSSR count). The largest absolute Gasteiger partial charge is 0.421 e. The Kier molecular flexibility index (Phi) is 6.04. The molecule has 2 N–H and O–H groups in total. The molecule has 0 radical (unpaired) electrons.